The van der Waals surface area contributed by atoms with E-state index in [2.05, 4.69) is 0 Å². The predicted molar refractivity (Wildman–Crippen MR) is 145 cm³/mol. The summed E-state index contributed by atoms with van der Waals surface area (Å²) < 4.78 is 24.7. The molecule has 0 unspecified atom stereocenters. The van der Waals surface area contributed by atoms with E-state index in [1.807, 2.05) is 93.6 Å². The van der Waals surface area contributed by atoms with Crippen LogP contribution < -0.4 is 14.2 Å². The third-order valence-electron chi connectivity index (χ3n) is 7.72. The van der Waals surface area contributed by atoms with Crippen molar-refractivity contribution in [1.82, 2.24) is 0 Å². The van der Waals surface area contributed by atoms with Crippen molar-refractivity contribution in [3.63, 3.8) is 0 Å². The monoisotopic (exact) mass is 516 g/mol. The lowest BCUT2D eigenvalue weighted by Gasteiger charge is -2.50. The maximum Gasteiger partial charge on any atom is 0.309 e. The molecule has 6 nitrogen and oxygen atoms in total. The first-order valence-electron chi connectivity index (χ1n) is 13.4. The Balaban J connectivity index is 1.33. The van der Waals surface area contributed by atoms with Crippen molar-refractivity contribution in [3.05, 3.63) is 89.5 Å². The van der Waals surface area contributed by atoms with Crippen LogP contribution in [0.2, 0.25) is 0 Å². The normalized spacial score (nSPS) is 23.4. The fourth-order valence-electron chi connectivity index (χ4n) is 5.65. The summed E-state index contributed by atoms with van der Waals surface area (Å²) in [6.45, 7) is 7.10. The predicted octanol–water partition coefficient (Wildman–Crippen LogP) is 6.62. The Morgan fingerprint density at radius 1 is 0.974 bits per heavy atom. The van der Waals surface area contributed by atoms with Gasteiger partial charge in [0.1, 0.15) is 29.5 Å². The maximum absolute atomic E-state index is 12.3. The molecule has 1 fully saturated rings. The van der Waals surface area contributed by atoms with Gasteiger partial charge in [-0.1, -0.05) is 42.5 Å². The highest BCUT2D eigenvalue weighted by Gasteiger charge is 2.52. The highest BCUT2D eigenvalue weighted by atomic mass is 16.5. The number of hydrogen-bond donors (Lipinski definition) is 1. The Bertz CT molecular complexity index is 1240. The molecule has 0 spiro atoms. The van der Waals surface area contributed by atoms with E-state index in [0.717, 1.165) is 40.4 Å². The fourth-order valence-corrected chi connectivity index (χ4v) is 5.65. The number of rotatable bonds is 9. The Kier molecular flexibility index (Phi) is 7.61. The largest absolute Gasteiger partial charge is 0.494 e. The van der Waals surface area contributed by atoms with E-state index in [-0.39, 0.29) is 12.0 Å². The van der Waals surface area contributed by atoms with Gasteiger partial charge in [-0.05, 0) is 75.4 Å². The fraction of sp³-hybridized carbons (Fsp3) is 0.406. The van der Waals surface area contributed by atoms with Gasteiger partial charge >= 0.3 is 5.97 Å². The Labute approximate surface area is 224 Å². The van der Waals surface area contributed by atoms with E-state index in [4.69, 9.17) is 18.9 Å². The van der Waals surface area contributed by atoms with E-state index in [9.17, 15) is 9.90 Å². The van der Waals surface area contributed by atoms with Crippen LogP contribution in [-0.2, 0) is 22.6 Å². The summed E-state index contributed by atoms with van der Waals surface area (Å²) >= 11 is 0. The van der Waals surface area contributed by atoms with Crippen molar-refractivity contribution in [1.29, 1.82) is 0 Å². The first-order chi connectivity index (χ1) is 18.3. The molecule has 0 aromatic heterocycles. The van der Waals surface area contributed by atoms with Crippen molar-refractivity contribution in [3.8, 4) is 17.2 Å². The average Bonchev–Trinajstić information content (AvgIpc) is 2.91. The average molecular weight is 517 g/mol. The van der Waals surface area contributed by atoms with Crippen molar-refractivity contribution >= 4 is 5.97 Å². The molecule has 2 aliphatic rings. The van der Waals surface area contributed by atoms with Gasteiger partial charge in [0.05, 0.1) is 24.7 Å². The van der Waals surface area contributed by atoms with Gasteiger partial charge in [-0.15, -0.1) is 0 Å². The number of carboxylic acid groups (broad SMARTS) is 1. The summed E-state index contributed by atoms with van der Waals surface area (Å²) in [5.41, 5.74) is 2.61. The van der Waals surface area contributed by atoms with Crippen molar-refractivity contribution < 1.29 is 28.8 Å². The zero-order chi connectivity index (χ0) is 26.7. The molecule has 0 amide bonds. The van der Waals surface area contributed by atoms with Crippen molar-refractivity contribution in [2.24, 2.45) is 11.8 Å². The summed E-state index contributed by atoms with van der Waals surface area (Å²) in [7, 11) is 0. The lowest BCUT2D eigenvalue weighted by Crippen LogP contribution is -2.52. The van der Waals surface area contributed by atoms with Crippen molar-refractivity contribution in [2.75, 3.05) is 6.61 Å². The highest BCUT2D eigenvalue weighted by Crippen LogP contribution is 2.53. The molecule has 0 bridgehead atoms. The number of carbonyl (C=O) groups is 1. The number of aryl methyl sites for hydroxylation is 1. The number of fused-ring (bicyclic) bond motifs is 3. The minimum absolute atomic E-state index is 0.0751. The SMILES string of the molecule is CCOc1ccc(CC[C@@H]2O[C@@H]3c4ccc(OCc5ccccc5)cc4OC(C)(C)[C@H]3C[C@H]2C(=O)O)cc1. The number of ether oxygens (including phenoxy) is 4. The lowest BCUT2D eigenvalue weighted by molar-refractivity contribution is -0.188. The van der Waals surface area contributed by atoms with Crippen LogP contribution in [0.1, 0.15) is 56.4 Å². The number of carboxylic acids is 1. The van der Waals surface area contributed by atoms with Crippen LogP contribution in [-0.4, -0.2) is 29.4 Å². The molecular weight excluding hydrogens is 480 g/mol. The van der Waals surface area contributed by atoms with Gasteiger partial charge in [0.15, 0.2) is 0 Å². The summed E-state index contributed by atoms with van der Waals surface area (Å²) in [6.07, 6.45) is 1.24. The van der Waals surface area contributed by atoms with Crippen LogP contribution in [0.25, 0.3) is 0 Å². The van der Waals surface area contributed by atoms with Crippen LogP contribution in [0.3, 0.4) is 0 Å². The van der Waals surface area contributed by atoms with E-state index in [0.29, 0.717) is 26.1 Å². The molecule has 1 saturated heterocycles. The summed E-state index contributed by atoms with van der Waals surface area (Å²) in [4.78, 5) is 12.3. The number of aliphatic carboxylic acids is 1. The molecule has 38 heavy (non-hydrogen) atoms. The number of hydrogen-bond acceptors (Lipinski definition) is 5. The lowest BCUT2D eigenvalue weighted by atomic mass is 9.71. The Hall–Kier alpha value is -3.51. The number of benzene rings is 3. The maximum atomic E-state index is 12.3. The molecule has 0 radical (unpaired) electrons. The first kappa shape index (κ1) is 26.1. The zero-order valence-corrected chi connectivity index (χ0v) is 22.3. The molecule has 3 aromatic carbocycles. The zero-order valence-electron chi connectivity index (χ0n) is 22.3. The minimum Gasteiger partial charge on any atom is -0.494 e. The van der Waals surface area contributed by atoms with Gasteiger partial charge in [0.2, 0.25) is 0 Å². The van der Waals surface area contributed by atoms with Crippen LogP contribution in [0.5, 0.6) is 17.2 Å². The van der Waals surface area contributed by atoms with E-state index < -0.39 is 23.6 Å². The van der Waals surface area contributed by atoms with Gasteiger partial charge < -0.3 is 24.1 Å². The van der Waals surface area contributed by atoms with E-state index in [1.165, 1.54) is 0 Å². The van der Waals surface area contributed by atoms with Gasteiger partial charge in [0, 0.05) is 17.5 Å². The van der Waals surface area contributed by atoms with Crippen LogP contribution in [0.15, 0.2) is 72.8 Å². The Morgan fingerprint density at radius 3 is 2.42 bits per heavy atom. The second kappa shape index (κ2) is 11.1. The molecule has 1 N–H and O–H groups in total. The molecule has 200 valence electrons. The van der Waals surface area contributed by atoms with Gasteiger partial charge in [-0.3, -0.25) is 4.79 Å². The van der Waals surface area contributed by atoms with Gasteiger partial charge in [-0.25, -0.2) is 0 Å². The van der Waals surface area contributed by atoms with Gasteiger partial charge in [-0.2, -0.15) is 0 Å². The van der Waals surface area contributed by atoms with Gasteiger partial charge in [0.25, 0.3) is 0 Å². The summed E-state index contributed by atoms with van der Waals surface area (Å²) in [5, 5.41) is 10.1. The molecule has 2 heterocycles. The quantitative estimate of drug-likeness (QED) is 0.345. The topological polar surface area (TPSA) is 74.2 Å². The molecule has 6 heteroatoms. The van der Waals surface area contributed by atoms with Crippen LogP contribution >= 0.6 is 0 Å². The molecule has 4 atom stereocenters. The first-order valence-corrected chi connectivity index (χ1v) is 13.4. The van der Waals surface area contributed by atoms with Crippen LogP contribution in [0.4, 0.5) is 0 Å². The molecule has 3 aromatic rings. The third kappa shape index (κ3) is 5.65. The molecular formula is C32H36O6. The third-order valence-corrected chi connectivity index (χ3v) is 7.72. The Morgan fingerprint density at radius 2 is 1.71 bits per heavy atom. The second-order valence-corrected chi connectivity index (χ2v) is 10.7. The summed E-state index contributed by atoms with van der Waals surface area (Å²) in [6, 6.07) is 23.9. The van der Waals surface area contributed by atoms with E-state index >= 15 is 0 Å². The van der Waals surface area contributed by atoms with Crippen molar-refractivity contribution in [2.45, 2.75) is 64.4 Å². The molecule has 0 aliphatic carbocycles. The smallest absolute Gasteiger partial charge is 0.309 e. The molecule has 2 aliphatic heterocycles. The highest BCUT2D eigenvalue weighted by molar-refractivity contribution is 5.71. The van der Waals surface area contributed by atoms with E-state index in [1.54, 1.807) is 0 Å². The second-order valence-electron chi connectivity index (χ2n) is 10.7. The molecule has 0 saturated carbocycles. The minimum atomic E-state index is -0.814. The molecule has 5 rings (SSSR count). The standard InChI is InChI=1S/C32H36O6/c1-4-35-23-13-10-21(11-14-23)12-17-28-26(31(33)34)19-27-30(37-28)25-16-15-24(18-29(25)38-32(27,2)3)36-20-22-8-6-5-7-9-22/h5-11,13-16,18,26-28,30H,4,12,17,19-20H2,1-3H3,(H,33,34)/t26-,27+,28+,30-/m1/s1. The summed E-state index contributed by atoms with van der Waals surface area (Å²) in [5.74, 6) is 0.829. The van der Waals surface area contributed by atoms with Crippen LogP contribution in [0, 0.1) is 11.8 Å².